The lowest BCUT2D eigenvalue weighted by Crippen LogP contribution is -2.46. The summed E-state index contributed by atoms with van der Waals surface area (Å²) in [6, 6.07) is 0. The summed E-state index contributed by atoms with van der Waals surface area (Å²) in [7, 11) is 0. The molecule has 0 spiro atoms. The predicted molar refractivity (Wildman–Crippen MR) is 109 cm³/mol. The van der Waals surface area contributed by atoms with Crippen molar-refractivity contribution in [1.82, 2.24) is 15.4 Å². The number of halogens is 1. The highest BCUT2D eigenvalue weighted by atomic mass is 32.2. The zero-order valence-electron chi connectivity index (χ0n) is 17.6. The van der Waals surface area contributed by atoms with Gasteiger partial charge in [-0.3, -0.25) is 14.3 Å². The zero-order valence-corrected chi connectivity index (χ0v) is 18.5. The van der Waals surface area contributed by atoms with Crippen molar-refractivity contribution < 1.29 is 28.2 Å². The molecule has 2 amide bonds. The zero-order chi connectivity index (χ0) is 21.4. The fraction of sp³-hybridized carbons (Fsp3) is 0.889. The maximum absolute atomic E-state index is 14.3. The highest BCUT2D eigenvalue weighted by molar-refractivity contribution is 7.96. The highest BCUT2D eigenvalue weighted by Gasteiger charge is 2.31. The Bertz CT molecular complexity index is 441. The SMILES string of the molecule is CSNCCOCCOCCNC(=O)COC(C)(C)C(F)CNC(=O)C(C)C. The normalized spacial score (nSPS) is 12.8. The number of hydrogen-bond acceptors (Lipinski definition) is 7. The van der Waals surface area contributed by atoms with Crippen LogP contribution >= 0.6 is 11.9 Å². The third-order valence-electron chi connectivity index (χ3n) is 3.74. The maximum atomic E-state index is 14.3. The second kappa shape index (κ2) is 15.9. The molecule has 3 N–H and O–H groups in total. The molecule has 0 aliphatic carbocycles. The summed E-state index contributed by atoms with van der Waals surface area (Å²) >= 11 is 1.54. The first-order chi connectivity index (χ1) is 13.2. The molecule has 0 saturated carbocycles. The molecule has 28 heavy (non-hydrogen) atoms. The summed E-state index contributed by atoms with van der Waals surface area (Å²) in [6.45, 7) is 9.15. The van der Waals surface area contributed by atoms with Crippen molar-refractivity contribution in [1.29, 1.82) is 0 Å². The van der Waals surface area contributed by atoms with Crippen LogP contribution in [0, 0.1) is 5.92 Å². The molecule has 0 aliphatic rings. The molecule has 0 aromatic rings. The molecule has 0 aromatic carbocycles. The molecule has 0 fully saturated rings. The van der Waals surface area contributed by atoms with E-state index in [2.05, 4.69) is 15.4 Å². The smallest absolute Gasteiger partial charge is 0.246 e. The minimum Gasteiger partial charge on any atom is -0.378 e. The van der Waals surface area contributed by atoms with Crippen LogP contribution in [0.3, 0.4) is 0 Å². The van der Waals surface area contributed by atoms with Crippen molar-refractivity contribution in [3.63, 3.8) is 0 Å². The first-order valence-electron chi connectivity index (χ1n) is 9.44. The molecule has 0 radical (unpaired) electrons. The van der Waals surface area contributed by atoms with Crippen LogP contribution in [0.15, 0.2) is 0 Å². The Morgan fingerprint density at radius 1 is 1.04 bits per heavy atom. The lowest BCUT2D eigenvalue weighted by molar-refractivity contribution is -0.137. The molecule has 0 aliphatic heterocycles. The summed E-state index contributed by atoms with van der Waals surface area (Å²) in [5.74, 6) is -0.791. The minimum absolute atomic E-state index is 0.158. The molecule has 0 rings (SSSR count). The first kappa shape index (κ1) is 27.1. The van der Waals surface area contributed by atoms with Gasteiger partial charge in [0, 0.05) is 19.0 Å². The van der Waals surface area contributed by atoms with Gasteiger partial charge < -0.3 is 24.8 Å². The Morgan fingerprint density at radius 2 is 1.64 bits per heavy atom. The van der Waals surface area contributed by atoms with E-state index in [-0.39, 0.29) is 30.9 Å². The number of carbonyl (C=O) groups is 2. The van der Waals surface area contributed by atoms with Crippen LogP contribution in [0.25, 0.3) is 0 Å². The van der Waals surface area contributed by atoms with Crippen molar-refractivity contribution in [2.75, 3.05) is 58.9 Å². The number of rotatable bonds is 17. The van der Waals surface area contributed by atoms with Gasteiger partial charge in [0.1, 0.15) is 12.8 Å². The van der Waals surface area contributed by atoms with Gasteiger partial charge in [0.05, 0.1) is 38.6 Å². The lowest BCUT2D eigenvalue weighted by Gasteiger charge is -2.29. The molecule has 8 nitrogen and oxygen atoms in total. The summed E-state index contributed by atoms with van der Waals surface area (Å²) in [5.41, 5.74) is -1.19. The third kappa shape index (κ3) is 14.1. The van der Waals surface area contributed by atoms with Gasteiger partial charge in [-0.2, -0.15) is 0 Å². The fourth-order valence-electron chi connectivity index (χ4n) is 1.83. The number of ether oxygens (including phenoxy) is 3. The topological polar surface area (TPSA) is 97.9 Å². The molecular weight excluding hydrogens is 389 g/mol. The molecule has 0 heterocycles. The Hall–Kier alpha value is -0.940. The predicted octanol–water partition coefficient (Wildman–Crippen LogP) is 0.909. The monoisotopic (exact) mass is 425 g/mol. The van der Waals surface area contributed by atoms with Gasteiger partial charge in [-0.15, -0.1) is 0 Å². The molecule has 10 heteroatoms. The Labute approximate surface area is 172 Å². The van der Waals surface area contributed by atoms with E-state index in [1.54, 1.807) is 39.6 Å². The summed E-state index contributed by atoms with van der Waals surface area (Å²) < 4.78 is 33.4. The fourth-order valence-corrected chi connectivity index (χ4v) is 2.12. The largest absolute Gasteiger partial charge is 0.378 e. The Morgan fingerprint density at radius 3 is 2.21 bits per heavy atom. The maximum Gasteiger partial charge on any atom is 0.246 e. The van der Waals surface area contributed by atoms with Crippen LogP contribution in [0.2, 0.25) is 0 Å². The van der Waals surface area contributed by atoms with E-state index in [4.69, 9.17) is 14.2 Å². The number of hydrogen-bond donors (Lipinski definition) is 3. The van der Waals surface area contributed by atoms with Crippen molar-refractivity contribution in [3.8, 4) is 0 Å². The number of carbonyl (C=O) groups excluding carboxylic acids is 2. The highest BCUT2D eigenvalue weighted by Crippen LogP contribution is 2.17. The van der Waals surface area contributed by atoms with Crippen molar-refractivity contribution in [3.05, 3.63) is 0 Å². The third-order valence-corrected chi connectivity index (χ3v) is 4.24. The van der Waals surface area contributed by atoms with Gasteiger partial charge in [-0.1, -0.05) is 25.8 Å². The van der Waals surface area contributed by atoms with E-state index in [1.807, 2.05) is 6.26 Å². The van der Waals surface area contributed by atoms with Gasteiger partial charge in [0.25, 0.3) is 0 Å². The minimum atomic E-state index is -1.43. The van der Waals surface area contributed by atoms with Crippen LogP contribution in [-0.2, 0) is 23.8 Å². The van der Waals surface area contributed by atoms with E-state index in [1.165, 1.54) is 0 Å². The van der Waals surface area contributed by atoms with Crippen LogP contribution in [0.5, 0.6) is 0 Å². The van der Waals surface area contributed by atoms with E-state index < -0.39 is 11.8 Å². The van der Waals surface area contributed by atoms with E-state index >= 15 is 0 Å². The van der Waals surface area contributed by atoms with E-state index in [9.17, 15) is 14.0 Å². The summed E-state index contributed by atoms with van der Waals surface area (Å²) in [4.78, 5) is 23.3. The van der Waals surface area contributed by atoms with Crippen molar-refractivity contribution >= 4 is 23.8 Å². The van der Waals surface area contributed by atoms with Gasteiger partial charge in [-0.05, 0) is 20.1 Å². The van der Waals surface area contributed by atoms with Crippen molar-refractivity contribution in [2.24, 2.45) is 5.92 Å². The second-order valence-corrected chi connectivity index (χ2v) is 7.63. The molecule has 0 aromatic heterocycles. The molecule has 1 unspecified atom stereocenters. The molecule has 0 saturated heterocycles. The van der Waals surface area contributed by atoms with Crippen LogP contribution in [-0.4, -0.2) is 82.5 Å². The number of alkyl halides is 1. The molecule has 166 valence electrons. The Kier molecular flexibility index (Phi) is 15.4. The van der Waals surface area contributed by atoms with Crippen LogP contribution in [0.1, 0.15) is 27.7 Å². The second-order valence-electron chi connectivity index (χ2n) is 6.93. The van der Waals surface area contributed by atoms with Gasteiger partial charge >= 0.3 is 0 Å². The molecule has 0 bridgehead atoms. The van der Waals surface area contributed by atoms with Gasteiger partial charge in [-0.25, -0.2) is 4.39 Å². The lowest BCUT2D eigenvalue weighted by atomic mass is 10.0. The molecule has 1 atom stereocenters. The van der Waals surface area contributed by atoms with Crippen LogP contribution < -0.4 is 15.4 Å². The van der Waals surface area contributed by atoms with E-state index in [0.29, 0.717) is 33.0 Å². The Balaban J connectivity index is 3.76. The van der Waals surface area contributed by atoms with E-state index in [0.717, 1.165) is 6.54 Å². The number of nitrogens with one attached hydrogen (secondary N) is 3. The average Bonchev–Trinajstić information content (AvgIpc) is 2.65. The summed E-state index contributed by atoms with van der Waals surface area (Å²) in [5, 5.41) is 5.17. The first-order valence-corrected chi connectivity index (χ1v) is 10.7. The average molecular weight is 426 g/mol. The van der Waals surface area contributed by atoms with Gasteiger partial charge in [0.2, 0.25) is 11.8 Å². The quantitative estimate of drug-likeness (QED) is 0.235. The van der Waals surface area contributed by atoms with Crippen molar-refractivity contribution in [2.45, 2.75) is 39.5 Å². The summed E-state index contributed by atoms with van der Waals surface area (Å²) in [6.07, 6.45) is 0.518. The molecular formula is C18H36FN3O5S. The van der Waals surface area contributed by atoms with Gasteiger partial charge in [0.15, 0.2) is 0 Å². The van der Waals surface area contributed by atoms with Crippen LogP contribution in [0.4, 0.5) is 4.39 Å². The number of amides is 2. The standard InChI is InChI=1S/C18H36FN3O5S/c1-14(2)17(24)21-12-15(19)18(3,4)27-13-16(23)20-6-8-25-10-11-26-9-7-22-28-5/h14-15,22H,6-13H2,1-5H3,(H,20,23)(H,21,24).